The van der Waals surface area contributed by atoms with Crippen molar-refractivity contribution in [1.82, 2.24) is 15.0 Å². The van der Waals surface area contributed by atoms with Crippen LogP contribution in [-0.2, 0) is 12.8 Å². The summed E-state index contributed by atoms with van der Waals surface area (Å²) >= 11 is 5.82. The molecule has 1 aromatic carbocycles. The molecule has 1 N–H and O–H groups in total. The summed E-state index contributed by atoms with van der Waals surface area (Å²) in [5.74, 6) is 0.453. The first-order valence-corrected chi connectivity index (χ1v) is 6.41. The minimum Gasteiger partial charge on any atom is -0.467 e. The average molecular weight is 277 g/mol. The van der Waals surface area contributed by atoms with Crippen molar-refractivity contribution in [3.63, 3.8) is 0 Å². The molecule has 5 nitrogen and oxygen atoms in total. The number of hydrogen-bond acceptors (Lipinski definition) is 5. The van der Waals surface area contributed by atoms with E-state index in [1.807, 2.05) is 0 Å². The summed E-state index contributed by atoms with van der Waals surface area (Å²) in [4.78, 5) is 12.0. The van der Waals surface area contributed by atoms with Gasteiger partial charge >= 0.3 is 6.01 Å². The van der Waals surface area contributed by atoms with Gasteiger partial charge in [0.25, 0.3) is 0 Å². The fourth-order valence-corrected chi connectivity index (χ4v) is 2.48. The first kappa shape index (κ1) is 12.2. The van der Waals surface area contributed by atoms with Crippen LogP contribution in [0.25, 0.3) is 0 Å². The Morgan fingerprint density at radius 3 is 2.47 bits per heavy atom. The second-order valence-corrected chi connectivity index (χ2v) is 4.77. The summed E-state index contributed by atoms with van der Waals surface area (Å²) < 4.78 is 4.98. The number of fused-ring (bicyclic) bond motifs is 1. The van der Waals surface area contributed by atoms with Crippen LogP contribution in [0.4, 0.5) is 5.95 Å². The zero-order valence-corrected chi connectivity index (χ0v) is 11.2. The van der Waals surface area contributed by atoms with Crippen LogP contribution < -0.4 is 10.1 Å². The van der Waals surface area contributed by atoms with Crippen molar-refractivity contribution >= 4 is 17.5 Å². The number of nitrogens with one attached hydrogen (secondary N) is 1. The molecular weight excluding hydrogens is 264 g/mol. The zero-order chi connectivity index (χ0) is 13.2. The fraction of sp³-hybridized carbons (Fsp3) is 0.308. The van der Waals surface area contributed by atoms with E-state index in [4.69, 9.17) is 16.3 Å². The number of benzene rings is 1. The maximum Gasteiger partial charge on any atom is 0.322 e. The SMILES string of the molecule is COc1nc(Cl)nc(NC2Cc3ccccc3C2)n1. The molecule has 0 aliphatic heterocycles. The normalized spacial score (nSPS) is 14.2. The van der Waals surface area contributed by atoms with Gasteiger partial charge in [0.1, 0.15) is 0 Å². The third kappa shape index (κ3) is 2.61. The molecule has 0 spiro atoms. The van der Waals surface area contributed by atoms with Crippen molar-refractivity contribution in [3.05, 3.63) is 40.7 Å². The van der Waals surface area contributed by atoms with Gasteiger partial charge in [0.05, 0.1) is 7.11 Å². The van der Waals surface area contributed by atoms with Crippen LogP contribution in [0.5, 0.6) is 6.01 Å². The van der Waals surface area contributed by atoms with Gasteiger partial charge in [0.2, 0.25) is 11.2 Å². The Bertz CT molecular complexity index is 580. The van der Waals surface area contributed by atoms with E-state index in [0.29, 0.717) is 5.95 Å². The summed E-state index contributed by atoms with van der Waals surface area (Å²) in [5, 5.41) is 3.41. The number of anilines is 1. The molecule has 0 bridgehead atoms. The van der Waals surface area contributed by atoms with Crippen LogP contribution in [-0.4, -0.2) is 28.1 Å². The predicted molar refractivity (Wildman–Crippen MR) is 72.6 cm³/mol. The molecule has 98 valence electrons. The van der Waals surface area contributed by atoms with Gasteiger partial charge in [-0.15, -0.1) is 0 Å². The lowest BCUT2D eigenvalue weighted by Crippen LogP contribution is -2.21. The summed E-state index contributed by atoms with van der Waals surface area (Å²) in [6.45, 7) is 0. The van der Waals surface area contributed by atoms with Crippen molar-refractivity contribution < 1.29 is 4.74 Å². The summed E-state index contributed by atoms with van der Waals surface area (Å²) in [6, 6.07) is 8.92. The van der Waals surface area contributed by atoms with Crippen molar-refractivity contribution in [2.24, 2.45) is 0 Å². The molecule has 0 fully saturated rings. The van der Waals surface area contributed by atoms with E-state index < -0.39 is 0 Å². The topological polar surface area (TPSA) is 59.9 Å². The van der Waals surface area contributed by atoms with Gasteiger partial charge in [-0.05, 0) is 35.6 Å². The Morgan fingerprint density at radius 2 is 1.84 bits per heavy atom. The van der Waals surface area contributed by atoms with Crippen molar-refractivity contribution in [2.75, 3.05) is 12.4 Å². The number of halogens is 1. The fourth-order valence-electron chi connectivity index (χ4n) is 2.33. The lowest BCUT2D eigenvalue weighted by atomic mass is 10.1. The second-order valence-electron chi connectivity index (χ2n) is 4.43. The van der Waals surface area contributed by atoms with Crippen molar-refractivity contribution in [3.8, 4) is 6.01 Å². The minimum atomic E-state index is 0.130. The van der Waals surface area contributed by atoms with Crippen molar-refractivity contribution in [1.29, 1.82) is 0 Å². The highest BCUT2D eigenvalue weighted by atomic mass is 35.5. The Balaban J connectivity index is 1.75. The van der Waals surface area contributed by atoms with Gasteiger partial charge in [-0.1, -0.05) is 24.3 Å². The largest absolute Gasteiger partial charge is 0.467 e. The highest BCUT2D eigenvalue weighted by Crippen LogP contribution is 2.24. The van der Waals surface area contributed by atoms with Gasteiger partial charge in [-0.3, -0.25) is 0 Å². The molecule has 0 saturated carbocycles. The molecule has 0 saturated heterocycles. The molecule has 1 aliphatic carbocycles. The number of nitrogens with zero attached hydrogens (tertiary/aromatic N) is 3. The molecule has 1 aromatic heterocycles. The number of methoxy groups -OCH3 is 1. The lowest BCUT2D eigenvalue weighted by Gasteiger charge is -2.12. The molecule has 3 rings (SSSR count). The van der Waals surface area contributed by atoms with Gasteiger partial charge in [-0.2, -0.15) is 15.0 Å². The van der Waals surface area contributed by atoms with Crippen LogP contribution in [0.2, 0.25) is 5.28 Å². The van der Waals surface area contributed by atoms with E-state index >= 15 is 0 Å². The molecule has 1 aliphatic rings. The van der Waals surface area contributed by atoms with Gasteiger partial charge in [0, 0.05) is 6.04 Å². The average Bonchev–Trinajstić information content (AvgIpc) is 2.80. The molecule has 2 aromatic rings. The van der Waals surface area contributed by atoms with Crippen LogP contribution >= 0.6 is 11.6 Å². The van der Waals surface area contributed by atoms with E-state index in [9.17, 15) is 0 Å². The van der Waals surface area contributed by atoms with E-state index in [2.05, 4.69) is 44.5 Å². The Kier molecular flexibility index (Phi) is 3.21. The lowest BCUT2D eigenvalue weighted by molar-refractivity contribution is 0.378. The maximum absolute atomic E-state index is 5.82. The summed E-state index contributed by atoms with van der Waals surface area (Å²) in [5.41, 5.74) is 2.74. The molecular formula is C13H13ClN4O. The quantitative estimate of drug-likeness (QED) is 0.930. The van der Waals surface area contributed by atoms with E-state index in [-0.39, 0.29) is 17.3 Å². The molecule has 19 heavy (non-hydrogen) atoms. The Labute approximate surface area is 116 Å². The molecule has 0 unspecified atom stereocenters. The van der Waals surface area contributed by atoms with E-state index in [1.165, 1.54) is 18.2 Å². The smallest absolute Gasteiger partial charge is 0.322 e. The Morgan fingerprint density at radius 1 is 1.16 bits per heavy atom. The number of aromatic nitrogens is 3. The minimum absolute atomic E-state index is 0.130. The van der Waals surface area contributed by atoms with Gasteiger partial charge in [-0.25, -0.2) is 0 Å². The maximum atomic E-state index is 5.82. The zero-order valence-electron chi connectivity index (χ0n) is 10.4. The molecule has 0 radical (unpaired) electrons. The first-order chi connectivity index (χ1) is 9.24. The molecule has 6 heteroatoms. The van der Waals surface area contributed by atoms with Gasteiger partial charge in [0.15, 0.2) is 0 Å². The third-order valence-corrected chi connectivity index (χ3v) is 3.32. The van der Waals surface area contributed by atoms with Gasteiger partial charge < -0.3 is 10.1 Å². The number of hydrogen-bond donors (Lipinski definition) is 1. The molecule has 0 amide bonds. The number of rotatable bonds is 3. The third-order valence-electron chi connectivity index (χ3n) is 3.15. The van der Waals surface area contributed by atoms with Crippen molar-refractivity contribution in [2.45, 2.75) is 18.9 Å². The van der Waals surface area contributed by atoms with E-state index in [1.54, 1.807) is 0 Å². The van der Waals surface area contributed by atoms with Crippen LogP contribution in [0, 0.1) is 0 Å². The second kappa shape index (κ2) is 5.01. The summed E-state index contributed by atoms with van der Waals surface area (Å²) in [6.07, 6.45) is 1.92. The van der Waals surface area contributed by atoms with E-state index in [0.717, 1.165) is 12.8 Å². The van der Waals surface area contributed by atoms with Crippen LogP contribution in [0.1, 0.15) is 11.1 Å². The Hall–Kier alpha value is -1.88. The predicted octanol–water partition coefficient (Wildman–Crippen LogP) is 2.11. The highest BCUT2D eigenvalue weighted by molar-refractivity contribution is 6.28. The highest BCUT2D eigenvalue weighted by Gasteiger charge is 2.21. The molecule has 1 heterocycles. The summed E-state index contributed by atoms with van der Waals surface area (Å²) in [7, 11) is 1.50. The monoisotopic (exact) mass is 276 g/mol. The van der Waals surface area contributed by atoms with Crippen LogP contribution in [0.3, 0.4) is 0 Å². The molecule has 0 atom stereocenters. The first-order valence-electron chi connectivity index (χ1n) is 6.03. The van der Waals surface area contributed by atoms with Crippen LogP contribution in [0.15, 0.2) is 24.3 Å². The number of ether oxygens (including phenoxy) is 1. The standard InChI is InChI=1S/C13H13ClN4O/c1-19-13-17-11(14)16-12(18-13)15-10-6-8-4-2-3-5-9(8)7-10/h2-5,10H,6-7H2,1H3,(H,15,16,17,18).